The molecule has 2 unspecified atom stereocenters. The molecule has 438 valence electrons. The molecule has 0 aliphatic carbocycles. The number of carbonyl (C=O) groups is 2. The molecule has 74 heavy (non-hydrogen) atoms. The van der Waals surface area contributed by atoms with Gasteiger partial charge in [0.25, 0.3) is 0 Å². The Morgan fingerprint density at radius 2 is 0.635 bits per heavy atom. The van der Waals surface area contributed by atoms with Crippen LogP contribution in [0, 0.1) is 0 Å². The van der Waals surface area contributed by atoms with Gasteiger partial charge in [-0.15, -0.1) is 0 Å². The van der Waals surface area contributed by atoms with Crippen LogP contribution < -0.4 is 5.32 Å². The summed E-state index contributed by atoms with van der Waals surface area (Å²) in [5.74, 6) is -0.0709. The zero-order valence-corrected chi connectivity index (χ0v) is 50.1. The summed E-state index contributed by atoms with van der Waals surface area (Å²) in [6, 6.07) is -0.635. The molecule has 3 N–H and O–H groups in total. The van der Waals surface area contributed by atoms with E-state index in [1.54, 1.807) is 6.08 Å². The molecule has 0 aromatic carbocycles. The monoisotopic (exact) mass is 1040 g/mol. The summed E-state index contributed by atoms with van der Waals surface area (Å²) >= 11 is 0. The van der Waals surface area contributed by atoms with E-state index < -0.39 is 12.1 Å². The summed E-state index contributed by atoms with van der Waals surface area (Å²) in [4.78, 5) is 24.6. The van der Waals surface area contributed by atoms with Crippen LogP contribution in [-0.2, 0) is 14.3 Å². The zero-order chi connectivity index (χ0) is 53.6. The van der Waals surface area contributed by atoms with E-state index in [1.807, 2.05) is 6.08 Å². The lowest BCUT2D eigenvalue weighted by Crippen LogP contribution is -2.45. The highest BCUT2D eigenvalue weighted by Gasteiger charge is 2.18. The first-order chi connectivity index (χ1) is 36.5. The van der Waals surface area contributed by atoms with Gasteiger partial charge >= 0.3 is 5.97 Å². The van der Waals surface area contributed by atoms with Gasteiger partial charge in [-0.2, -0.15) is 0 Å². The number of hydrogen-bond donors (Lipinski definition) is 3. The summed E-state index contributed by atoms with van der Waals surface area (Å²) in [7, 11) is 0. The number of aliphatic hydroxyl groups excluding tert-OH is 2. The molecule has 0 fully saturated rings. The number of ether oxygens (including phenoxy) is 1. The van der Waals surface area contributed by atoms with Gasteiger partial charge in [0.15, 0.2) is 0 Å². The second-order valence-corrected chi connectivity index (χ2v) is 23.2. The Morgan fingerprint density at radius 1 is 0.365 bits per heavy atom. The molecule has 0 aromatic heterocycles. The first-order valence-corrected chi connectivity index (χ1v) is 33.6. The predicted molar refractivity (Wildman–Crippen MR) is 324 cm³/mol. The Morgan fingerprint density at radius 3 is 0.959 bits per heavy atom. The van der Waals surface area contributed by atoms with E-state index >= 15 is 0 Å². The lowest BCUT2D eigenvalue weighted by molar-refractivity contribution is -0.143. The van der Waals surface area contributed by atoms with Crippen molar-refractivity contribution < 1.29 is 24.5 Å². The molecule has 0 bridgehead atoms. The molecule has 0 aromatic rings. The van der Waals surface area contributed by atoms with E-state index in [0.29, 0.717) is 19.4 Å². The molecule has 0 saturated heterocycles. The molecule has 0 radical (unpaired) electrons. The van der Waals surface area contributed by atoms with Crippen molar-refractivity contribution >= 4 is 11.9 Å². The molecule has 0 aliphatic heterocycles. The summed E-state index contributed by atoms with van der Waals surface area (Å²) in [5, 5.41) is 23.3. The van der Waals surface area contributed by atoms with E-state index in [4.69, 9.17) is 4.74 Å². The molecule has 0 heterocycles. The number of carbonyl (C=O) groups excluding carboxylic acids is 2. The largest absolute Gasteiger partial charge is 0.466 e. The smallest absolute Gasteiger partial charge is 0.305 e. The molecule has 1 amide bonds. The van der Waals surface area contributed by atoms with E-state index in [1.165, 1.54) is 302 Å². The summed E-state index contributed by atoms with van der Waals surface area (Å²) < 4.78 is 5.49. The molecule has 0 spiro atoms. The third kappa shape index (κ3) is 59.6. The standard InChI is InChI=1S/C68H131NO5/c1-3-5-7-9-11-13-15-17-19-21-22-23-24-25-26-27-29-32-36-40-44-48-52-56-60-66(71)65(64-70)69-67(72)61-57-53-49-45-41-37-33-30-31-35-39-43-47-51-55-59-63-74-68(73)62-58-54-50-46-42-38-34-28-20-18-16-14-12-10-8-6-4-2/h18,20,56,60,65-66,70-71H,3-17,19,21-55,57-59,61-64H2,1-2H3,(H,69,72)/b20-18-,60-56+. The quantitative estimate of drug-likeness (QED) is 0.0320. The average molecular weight is 1040 g/mol. The Hall–Kier alpha value is -1.66. The van der Waals surface area contributed by atoms with Crippen molar-refractivity contribution in [2.45, 2.75) is 386 Å². The highest BCUT2D eigenvalue weighted by atomic mass is 16.5. The topological polar surface area (TPSA) is 95.9 Å². The predicted octanol–water partition coefficient (Wildman–Crippen LogP) is 21.4. The van der Waals surface area contributed by atoms with Crippen LogP contribution >= 0.6 is 0 Å². The lowest BCUT2D eigenvalue weighted by atomic mass is 10.0. The maximum Gasteiger partial charge on any atom is 0.305 e. The molecule has 6 nitrogen and oxygen atoms in total. The van der Waals surface area contributed by atoms with Crippen LogP contribution in [0.4, 0.5) is 0 Å². The minimum atomic E-state index is -0.851. The molecule has 6 heteroatoms. The van der Waals surface area contributed by atoms with E-state index in [2.05, 4.69) is 31.3 Å². The van der Waals surface area contributed by atoms with Gasteiger partial charge in [-0.3, -0.25) is 9.59 Å². The molecule has 0 saturated carbocycles. The highest BCUT2D eigenvalue weighted by molar-refractivity contribution is 5.76. The lowest BCUT2D eigenvalue weighted by Gasteiger charge is -2.20. The summed E-state index contributed by atoms with van der Waals surface area (Å²) in [5.41, 5.74) is 0. The highest BCUT2D eigenvalue weighted by Crippen LogP contribution is 2.18. The number of nitrogens with one attached hydrogen (secondary N) is 1. The number of rotatable bonds is 63. The first kappa shape index (κ1) is 72.3. The van der Waals surface area contributed by atoms with Gasteiger partial charge in [0.1, 0.15) is 0 Å². The Labute approximate surface area is 462 Å². The van der Waals surface area contributed by atoms with E-state index in [9.17, 15) is 19.8 Å². The second kappa shape index (κ2) is 63.9. The van der Waals surface area contributed by atoms with Crippen molar-refractivity contribution in [2.75, 3.05) is 13.2 Å². The van der Waals surface area contributed by atoms with Gasteiger partial charge in [0, 0.05) is 12.8 Å². The van der Waals surface area contributed by atoms with Crippen molar-refractivity contribution in [3.8, 4) is 0 Å². The first-order valence-electron chi connectivity index (χ1n) is 33.6. The molecule has 0 aliphatic rings. The fourth-order valence-electron chi connectivity index (χ4n) is 10.6. The fourth-order valence-corrected chi connectivity index (χ4v) is 10.6. The number of allylic oxidation sites excluding steroid dienone is 3. The average Bonchev–Trinajstić information content (AvgIpc) is 3.40. The van der Waals surface area contributed by atoms with Crippen LogP contribution in [0.2, 0.25) is 0 Å². The van der Waals surface area contributed by atoms with Crippen LogP contribution in [0.15, 0.2) is 24.3 Å². The van der Waals surface area contributed by atoms with Crippen LogP contribution in [0.5, 0.6) is 0 Å². The molecule has 0 rings (SSSR count). The molecule has 2 atom stereocenters. The van der Waals surface area contributed by atoms with Crippen LogP contribution in [0.25, 0.3) is 0 Å². The zero-order valence-electron chi connectivity index (χ0n) is 50.1. The Bertz CT molecular complexity index is 1150. The third-order valence-electron chi connectivity index (χ3n) is 15.7. The number of hydrogen-bond acceptors (Lipinski definition) is 5. The van der Waals surface area contributed by atoms with Crippen LogP contribution in [0.3, 0.4) is 0 Å². The van der Waals surface area contributed by atoms with Crippen LogP contribution in [0.1, 0.15) is 373 Å². The van der Waals surface area contributed by atoms with Crippen molar-refractivity contribution in [2.24, 2.45) is 0 Å². The second-order valence-electron chi connectivity index (χ2n) is 23.2. The van der Waals surface area contributed by atoms with Crippen molar-refractivity contribution in [3.05, 3.63) is 24.3 Å². The Balaban J connectivity index is 3.44. The third-order valence-corrected chi connectivity index (χ3v) is 15.7. The molecular formula is C68H131NO5. The van der Waals surface area contributed by atoms with E-state index in [0.717, 1.165) is 44.9 Å². The van der Waals surface area contributed by atoms with Gasteiger partial charge in [-0.1, -0.05) is 327 Å². The fraction of sp³-hybridized carbons (Fsp3) is 0.912. The van der Waals surface area contributed by atoms with Gasteiger partial charge in [-0.25, -0.2) is 0 Å². The number of amides is 1. The van der Waals surface area contributed by atoms with Crippen molar-refractivity contribution in [3.63, 3.8) is 0 Å². The van der Waals surface area contributed by atoms with Gasteiger partial charge in [-0.05, 0) is 57.8 Å². The summed E-state index contributed by atoms with van der Waals surface area (Å²) in [6.07, 6.45) is 79.4. The van der Waals surface area contributed by atoms with Crippen LogP contribution in [-0.4, -0.2) is 47.4 Å². The van der Waals surface area contributed by atoms with Gasteiger partial charge in [0.2, 0.25) is 5.91 Å². The SMILES string of the molecule is CCCCCCCC/C=C\CCCCCCCCCC(=O)OCCCCCCCCCCCCCCCCCCC(=O)NC(CO)C(O)/C=C/CCCCCCCCCCCCCCCCCCCCCCCC. The summed E-state index contributed by atoms with van der Waals surface area (Å²) in [6.45, 7) is 4.92. The molecular weight excluding hydrogens is 911 g/mol. The maximum absolute atomic E-state index is 12.5. The van der Waals surface area contributed by atoms with Gasteiger partial charge in [0.05, 0.1) is 25.4 Å². The number of esters is 1. The minimum absolute atomic E-state index is 0.000148. The van der Waals surface area contributed by atoms with E-state index in [-0.39, 0.29) is 18.5 Å². The minimum Gasteiger partial charge on any atom is -0.466 e. The number of unbranched alkanes of at least 4 members (excludes halogenated alkanes) is 50. The van der Waals surface area contributed by atoms with Crippen molar-refractivity contribution in [1.29, 1.82) is 0 Å². The Kier molecular flexibility index (Phi) is 62.4. The normalized spacial score (nSPS) is 12.6. The number of aliphatic hydroxyl groups is 2. The van der Waals surface area contributed by atoms with Crippen molar-refractivity contribution in [1.82, 2.24) is 5.32 Å². The maximum atomic E-state index is 12.5. The van der Waals surface area contributed by atoms with Gasteiger partial charge < -0.3 is 20.3 Å².